The van der Waals surface area contributed by atoms with Gasteiger partial charge in [-0.3, -0.25) is 4.79 Å². The zero-order valence-corrected chi connectivity index (χ0v) is 11.1. The number of carbonyl (C=O) groups excluding carboxylic acids is 1. The average Bonchev–Trinajstić information content (AvgIpc) is 2.61. The van der Waals surface area contributed by atoms with Crippen molar-refractivity contribution in [1.82, 2.24) is 5.32 Å². The van der Waals surface area contributed by atoms with Crippen LogP contribution in [-0.2, 0) is 9.59 Å². The van der Waals surface area contributed by atoms with Crippen LogP contribution >= 0.6 is 0 Å². The standard InChI is InChI=1S/C14H14F2N2O3/c15-10-7-9(1-2-13(20)21)8-11(16)14(10)18-5-3-12(19)17-4-6-18/h1-2,7-8H,3-6H2,(H,17,19)(H,20,21). The Bertz CT molecular complexity index is 579. The summed E-state index contributed by atoms with van der Waals surface area (Å²) in [7, 11) is 0. The fraction of sp³-hybridized carbons (Fsp3) is 0.286. The normalized spacial score (nSPS) is 15.9. The van der Waals surface area contributed by atoms with E-state index in [9.17, 15) is 18.4 Å². The summed E-state index contributed by atoms with van der Waals surface area (Å²) in [6.07, 6.45) is 2.09. The minimum atomic E-state index is -1.20. The fourth-order valence-electron chi connectivity index (χ4n) is 2.14. The highest BCUT2D eigenvalue weighted by Crippen LogP contribution is 2.26. The molecule has 2 rings (SSSR count). The van der Waals surface area contributed by atoms with E-state index in [1.54, 1.807) is 0 Å². The number of benzene rings is 1. The Morgan fingerprint density at radius 3 is 2.57 bits per heavy atom. The first-order chi connectivity index (χ1) is 9.97. The van der Waals surface area contributed by atoms with Crippen LogP contribution in [0.2, 0.25) is 0 Å². The first kappa shape index (κ1) is 15.0. The van der Waals surface area contributed by atoms with Crippen LogP contribution in [0.4, 0.5) is 14.5 Å². The smallest absolute Gasteiger partial charge is 0.328 e. The molecule has 0 saturated carbocycles. The molecule has 0 spiro atoms. The maximum atomic E-state index is 14.1. The number of amides is 1. The average molecular weight is 296 g/mol. The molecule has 1 heterocycles. The molecule has 0 aromatic heterocycles. The van der Waals surface area contributed by atoms with Gasteiger partial charge in [-0.25, -0.2) is 13.6 Å². The van der Waals surface area contributed by atoms with E-state index in [-0.39, 0.29) is 30.1 Å². The first-order valence-electron chi connectivity index (χ1n) is 6.39. The number of carboxylic acids is 1. The molecule has 1 fully saturated rings. The van der Waals surface area contributed by atoms with Crippen molar-refractivity contribution in [1.29, 1.82) is 0 Å². The molecule has 1 aromatic rings. The molecule has 1 saturated heterocycles. The number of anilines is 1. The van der Waals surface area contributed by atoms with Gasteiger partial charge in [0.1, 0.15) is 17.3 Å². The van der Waals surface area contributed by atoms with Gasteiger partial charge in [-0.2, -0.15) is 0 Å². The summed E-state index contributed by atoms with van der Waals surface area (Å²) >= 11 is 0. The monoisotopic (exact) mass is 296 g/mol. The Morgan fingerprint density at radius 2 is 1.95 bits per heavy atom. The predicted octanol–water partition coefficient (Wildman–Crippen LogP) is 1.39. The topological polar surface area (TPSA) is 69.6 Å². The van der Waals surface area contributed by atoms with E-state index < -0.39 is 17.6 Å². The molecule has 0 atom stereocenters. The van der Waals surface area contributed by atoms with Crippen molar-refractivity contribution in [2.75, 3.05) is 24.5 Å². The van der Waals surface area contributed by atoms with Crippen molar-refractivity contribution in [3.8, 4) is 0 Å². The van der Waals surface area contributed by atoms with Crippen LogP contribution < -0.4 is 10.2 Å². The van der Waals surface area contributed by atoms with E-state index in [0.29, 0.717) is 13.1 Å². The molecule has 5 nitrogen and oxygen atoms in total. The Hall–Kier alpha value is -2.44. The molecule has 0 unspecified atom stereocenters. The molecule has 7 heteroatoms. The number of nitrogens with zero attached hydrogens (tertiary/aromatic N) is 1. The van der Waals surface area contributed by atoms with Gasteiger partial charge in [-0.15, -0.1) is 0 Å². The molecule has 21 heavy (non-hydrogen) atoms. The van der Waals surface area contributed by atoms with Crippen molar-refractivity contribution in [2.45, 2.75) is 6.42 Å². The summed E-state index contributed by atoms with van der Waals surface area (Å²) in [4.78, 5) is 23.1. The molecule has 2 N–H and O–H groups in total. The number of carbonyl (C=O) groups is 2. The molecule has 0 bridgehead atoms. The lowest BCUT2D eigenvalue weighted by atomic mass is 10.1. The van der Waals surface area contributed by atoms with Crippen LogP contribution in [0.5, 0.6) is 0 Å². The predicted molar refractivity (Wildman–Crippen MR) is 72.9 cm³/mol. The molecule has 1 aliphatic heterocycles. The molecule has 0 radical (unpaired) electrons. The fourth-order valence-corrected chi connectivity index (χ4v) is 2.14. The minimum Gasteiger partial charge on any atom is -0.478 e. The lowest BCUT2D eigenvalue weighted by molar-refractivity contribution is -0.131. The van der Waals surface area contributed by atoms with E-state index in [4.69, 9.17) is 5.11 Å². The lowest BCUT2D eigenvalue weighted by Gasteiger charge is -2.23. The number of aliphatic carboxylic acids is 1. The molecular weight excluding hydrogens is 282 g/mol. The number of nitrogens with one attached hydrogen (secondary N) is 1. The highest BCUT2D eigenvalue weighted by atomic mass is 19.1. The van der Waals surface area contributed by atoms with Gasteiger partial charge in [-0.05, 0) is 23.8 Å². The van der Waals surface area contributed by atoms with Gasteiger partial charge in [0.2, 0.25) is 5.91 Å². The minimum absolute atomic E-state index is 0.125. The lowest BCUT2D eigenvalue weighted by Crippen LogP contribution is -2.29. The van der Waals surface area contributed by atoms with Crippen molar-refractivity contribution < 1.29 is 23.5 Å². The Kier molecular flexibility index (Phi) is 4.52. The number of rotatable bonds is 3. The summed E-state index contributed by atoms with van der Waals surface area (Å²) in [5.41, 5.74) is -0.0702. The first-order valence-corrected chi connectivity index (χ1v) is 6.39. The maximum absolute atomic E-state index is 14.1. The number of hydrogen-bond donors (Lipinski definition) is 2. The van der Waals surface area contributed by atoms with Crippen LogP contribution in [0.3, 0.4) is 0 Å². The van der Waals surface area contributed by atoms with E-state index in [1.807, 2.05) is 0 Å². The van der Waals surface area contributed by atoms with Gasteiger partial charge >= 0.3 is 5.97 Å². The largest absolute Gasteiger partial charge is 0.478 e. The van der Waals surface area contributed by atoms with Crippen LogP contribution in [0.25, 0.3) is 6.08 Å². The summed E-state index contributed by atoms with van der Waals surface area (Å²) in [5, 5.41) is 11.1. The second-order valence-electron chi connectivity index (χ2n) is 4.59. The van der Waals surface area contributed by atoms with Gasteiger partial charge in [0.05, 0.1) is 0 Å². The van der Waals surface area contributed by atoms with Gasteiger partial charge in [-0.1, -0.05) is 0 Å². The molecule has 1 amide bonds. The van der Waals surface area contributed by atoms with Gasteiger partial charge in [0.15, 0.2) is 0 Å². The second kappa shape index (κ2) is 6.34. The van der Waals surface area contributed by atoms with E-state index >= 15 is 0 Å². The van der Waals surface area contributed by atoms with Crippen molar-refractivity contribution in [2.24, 2.45) is 0 Å². The summed E-state index contributed by atoms with van der Waals surface area (Å²) in [6.45, 7) is 0.853. The Morgan fingerprint density at radius 1 is 1.29 bits per heavy atom. The molecule has 0 aliphatic carbocycles. The number of hydrogen-bond acceptors (Lipinski definition) is 3. The summed E-state index contributed by atoms with van der Waals surface area (Å²) in [6, 6.07) is 2.13. The summed E-state index contributed by atoms with van der Waals surface area (Å²) < 4.78 is 28.2. The maximum Gasteiger partial charge on any atom is 0.328 e. The number of carboxylic acid groups (broad SMARTS) is 1. The highest BCUT2D eigenvalue weighted by Gasteiger charge is 2.20. The van der Waals surface area contributed by atoms with Gasteiger partial charge < -0.3 is 15.3 Å². The van der Waals surface area contributed by atoms with Crippen LogP contribution in [-0.4, -0.2) is 36.6 Å². The quantitative estimate of drug-likeness (QED) is 0.827. The molecule has 1 aliphatic rings. The third-order valence-electron chi connectivity index (χ3n) is 3.09. The summed E-state index contributed by atoms with van der Waals surface area (Å²) in [5.74, 6) is -2.92. The van der Waals surface area contributed by atoms with E-state index in [1.165, 1.54) is 4.90 Å². The highest BCUT2D eigenvalue weighted by molar-refractivity contribution is 5.85. The van der Waals surface area contributed by atoms with E-state index in [0.717, 1.165) is 24.3 Å². The zero-order chi connectivity index (χ0) is 15.4. The number of halogens is 2. The zero-order valence-electron chi connectivity index (χ0n) is 11.1. The third-order valence-corrected chi connectivity index (χ3v) is 3.09. The third kappa shape index (κ3) is 3.77. The molecule has 1 aromatic carbocycles. The van der Waals surface area contributed by atoms with Crippen LogP contribution in [0.15, 0.2) is 18.2 Å². The molecule has 112 valence electrons. The van der Waals surface area contributed by atoms with Gasteiger partial charge in [0, 0.05) is 32.1 Å². The van der Waals surface area contributed by atoms with Crippen LogP contribution in [0, 0.1) is 11.6 Å². The van der Waals surface area contributed by atoms with Gasteiger partial charge in [0.25, 0.3) is 0 Å². The van der Waals surface area contributed by atoms with Crippen LogP contribution in [0.1, 0.15) is 12.0 Å². The Labute approximate surface area is 119 Å². The SMILES string of the molecule is O=C(O)C=Cc1cc(F)c(N2CCNC(=O)CC2)c(F)c1. The second-order valence-corrected chi connectivity index (χ2v) is 4.59. The molecular formula is C14H14F2N2O3. The van der Waals surface area contributed by atoms with Crippen molar-refractivity contribution in [3.63, 3.8) is 0 Å². The Balaban J connectivity index is 2.28. The van der Waals surface area contributed by atoms with Crippen molar-refractivity contribution >= 4 is 23.6 Å². The van der Waals surface area contributed by atoms with Crippen molar-refractivity contribution in [3.05, 3.63) is 35.4 Å². The van der Waals surface area contributed by atoms with E-state index in [2.05, 4.69) is 5.32 Å².